The van der Waals surface area contributed by atoms with Crippen molar-refractivity contribution in [3.05, 3.63) is 73.7 Å². The number of carbonyl (C=O) groups excluding carboxylic acids is 3. The zero-order valence-electron chi connectivity index (χ0n) is 18.7. The van der Waals surface area contributed by atoms with E-state index in [1.54, 1.807) is 0 Å². The summed E-state index contributed by atoms with van der Waals surface area (Å²) in [4.78, 5) is 40.8. The van der Waals surface area contributed by atoms with Crippen LogP contribution in [-0.4, -0.2) is 35.0 Å². The van der Waals surface area contributed by atoms with E-state index in [1.165, 1.54) is 23.3 Å². The lowest BCUT2D eigenvalue weighted by molar-refractivity contribution is -0.142. The van der Waals surface area contributed by atoms with Crippen molar-refractivity contribution in [2.75, 3.05) is 12.4 Å². The third kappa shape index (κ3) is 4.08. The highest BCUT2D eigenvalue weighted by Gasteiger charge is 2.48. The average molecular weight is 495 g/mol. The number of anilines is 1. The van der Waals surface area contributed by atoms with E-state index in [4.69, 9.17) is 10.5 Å². The predicted molar refractivity (Wildman–Crippen MR) is 130 cm³/mol. The number of hydrogen-bond acceptors (Lipinski definition) is 8. The van der Waals surface area contributed by atoms with E-state index >= 15 is 0 Å². The SMILES string of the molecule is COC(=O)C[C@H]1SC2=C(C(=O)Nc3ccc(C)cc3C)[C@@H](c3cccs3)C(C#N)=C(N)N2C1=O. The molecule has 2 aromatic rings. The molecular formula is C24H22N4O4S2. The molecule has 34 heavy (non-hydrogen) atoms. The molecule has 1 aromatic carbocycles. The summed E-state index contributed by atoms with van der Waals surface area (Å²) >= 11 is 2.48. The van der Waals surface area contributed by atoms with Crippen LogP contribution in [0.25, 0.3) is 0 Å². The van der Waals surface area contributed by atoms with Crippen LogP contribution in [0.15, 0.2) is 57.7 Å². The number of esters is 1. The first-order valence-electron chi connectivity index (χ1n) is 10.4. The molecule has 1 aromatic heterocycles. The Hall–Kier alpha value is -3.55. The Bertz CT molecular complexity index is 1290. The first kappa shape index (κ1) is 23.6. The molecule has 2 aliphatic heterocycles. The average Bonchev–Trinajstić information content (AvgIpc) is 3.44. The third-order valence-corrected chi connectivity index (χ3v) is 7.90. The normalized spacial score (nSPS) is 19.7. The highest BCUT2D eigenvalue weighted by atomic mass is 32.2. The summed E-state index contributed by atoms with van der Waals surface area (Å²) in [5, 5.41) is 14.3. The van der Waals surface area contributed by atoms with E-state index < -0.39 is 29.0 Å². The zero-order chi connectivity index (χ0) is 24.6. The summed E-state index contributed by atoms with van der Waals surface area (Å²) in [7, 11) is 1.25. The molecule has 2 amide bonds. The Morgan fingerprint density at radius 1 is 1.29 bits per heavy atom. The van der Waals surface area contributed by atoms with E-state index in [1.807, 2.05) is 49.6 Å². The van der Waals surface area contributed by atoms with Crippen molar-refractivity contribution >= 4 is 46.6 Å². The maximum Gasteiger partial charge on any atom is 0.307 e. The maximum atomic E-state index is 13.7. The number of ether oxygens (including phenoxy) is 1. The number of nitriles is 1. The number of thioether (sulfide) groups is 1. The number of hydrogen-bond donors (Lipinski definition) is 2. The van der Waals surface area contributed by atoms with Crippen LogP contribution in [0.2, 0.25) is 0 Å². The van der Waals surface area contributed by atoms with Crippen molar-refractivity contribution in [2.45, 2.75) is 31.4 Å². The summed E-state index contributed by atoms with van der Waals surface area (Å²) in [5.41, 5.74) is 9.25. The van der Waals surface area contributed by atoms with E-state index in [2.05, 4.69) is 11.4 Å². The lowest BCUT2D eigenvalue weighted by Gasteiger charge is -2.31. The Labute approximate surface area is 205 Å². The number of methoxy groups -OCH3 is 1. The van der Waals surface area contributed by atoms with Crippen LogP contribution in [0.1, 0.15) is 28.3 Å². The lowest BCUT2D eigenvalue weighted by Crippen LogP contribution is -2.39. The first-order valence-corrected chi connectivity index (χ1v) is 12.2. The van der Waals surface area contributed by atoms with Gasteiger partial charge in [0.25, 0.3) is 5.91 Å². The molecule has 1 saturated heterocycles. The minimum absolute atomic E-state index is 0.0242. The standard InChI is InChI=1S/C24H22N4O4S2/c1-12-6-7-15(13(2)9-12)27-22(30)20-19(16-5-4-8-33-16)14(11-25)21(26)28-23(31)17(34-24(20)28)10-18(29)32-3/h4-9,17,19H,10,26H2,1-3H3,(H,27,30)/t17-,19-/m1/s1. The number of benzene rings is 1. The van der Waals surface area contributed by atoms with Gasteiger partial charge in [-0.2, -0.15) is 5.26 Å². The third-order valence-electron chi connectivity index (χ3n) is 5.68. The van der Waals surface area contributed by atoms with Crippen LogP contribution in [0.4, 0.5) is 5.69 Å². The van der Waals surface area contributed by atoms with E-state index in [0.717, 1.165) is 27.8 Å². The number of nitrogens with one attached hydrogen (secondary N) is 1. The van der Waals surface area contributed by atoms with Crippen molar-refractivity contribution in [2.24, 2.45) is 5.73 Å². The highest BCUT2D eigenvalue weighted by molar-refractivity contribution is 8.04. The van der Waals surface area contributed by atoms with Gasteiger partial charge in [0.1, 0.15) is 11.1 Å². The van der Waals surface area contributed by atoms with Gasteiger partial charge in [-0.1, -0.05) is 35.5 Å². The van der Waals surface area contributed by atoms with E-state index in [-0.39, 0.29) is 23.4 Å². The van der Waals surface area contributed by atoms with Crippen molar-refractivity contribution in [1.82, 2.24) is 4.90 Å². The van der Waals surface area contributed by atoms with Gasteiger partial charge in [-0.3, -0.25) is 19.3 Å². The molecule has 174 valence electrons. The molecule has 10 heteroatoms. The van der Waals surface area contributed by atoms with Gasteiger partial charge in [-0.15, -0.1) is 11.3 Å². The number of thiophene rings is 1. The number of rotatable bonds is 5. The molecule has 3 heterocycles. The fourth-order valence-electron chi connectivity index (χ4n) is 4.03. The Kier molecular flexibility index (Phi) is 6.50. The van der Waals surface area contributed by atoms with Crippen LogP contribution >= 0.6 is 23.1 Å². The number of carbonyl (C=O) groups is 3. The second-order valence-corrected chi connectivity index (χ2v) is 10.1. The van der Waals surface area contributed by atoms with Crippen LogP contribution in [0.3, 0.4) is 0 Å². The molecule has 8 nitrogen and oxygen atoms in total. The van der Waals surface area contributed by atoms with Gasteiger partial charge in [0.2, 0.25) is 5.91 Å². The van der Waals surface area contributed by atoms with Crippen molar-refractivity contribution in [1.29, 1.82) is 5.26 Å². The number of aryl methyl sites for hydroxylation is 2. The molecule has 3 N–H and O–H groups in total. The zero-order valence-corrected chi connectivity index (χ0v) is 20.4. The molecule has 4 rings (SSSR count). The number of fused-ring (bicyclic) bond motifs is 1. The number of allylic oxidation sites excluding steroid dienone is 1. The van der Waals surface area contributed by atoms with Gasteiger partial charge in [-0.25, -0.2) is 0 Å². The molecule has 2 aliphatic rings. The predicted octanol–water partition coefficient (Wildman–Crippen LogP) is 3.51. The van der Waals surface area contributed by atoms with Gasteiger partial charge in [-0.05, 0) is 36.9 Å². The van der Waals surface area contributed by atoms with E-state index in [9.17, 15) is 19.6 Å². The largest absolute Gasteiger partial charge is 0.469 e. The molecule has 1 fully saturated rings. The van der Waals surface area contributed by atoms with E-state index in [0.29, 0.717) is 10.7 Å². The summed E-state index contributed by atoms with van der Waals surface area (Å²) in [6.07, 6.45) is -0.176. The topological polar surface area (TPSA) is 126 Å². The summed E-state index contributed by atoms with van der Waals surface area (Å²) in [6, 6.07) is 11.4. The van der Waals surface area contributed by atoms with Gasteiger partial charge >= 0.3 is 5.97 Å². The van der Waals surface area contributed by atoms with Crippen LogP contribution in [0.5, 0.6) is 0 Å². The Morgan fingerprint density at radius 2 is 2.06 bits per heavy atom. The van der Waals surface area contributed by atoms with Crippen molar-refractivity contribution in [3.63, 3.8) is 0 Å². The molecule has 0 aliphatic carbocycles. The van der Waals surface area contributed by atoms with Crippen molar-refractivity contribution < 1.29 is 19.1 Å². The number of nitrogens with two attached hydrogens (primary N) is 1. The Morgan fingerprint density at radius 3 is 2.68 bits per heavy atom. The van der Waals surface area contributed by atoms with Crippen LogP contribution < -0.4 is 11.1 Å². The molecule has 2 atom stereocenters. The lowest BCUT2D eigenvalue weighted by atomic mass is 9.87. The number of amides is 2. The fraction of sp³-hybridized carbons (Fsp3) is 0.250. The molecular weight excluding hydrogens is 472 g/mol. The maximum absolute atomic E-state index is 13.7. The Balaban J connectivity index is 1.85. The smallest absolute Gasteiger partial charge is 0.307 e. The second-order valence-electron chi connectivity index (χ2n) is 7.91. The quantitative estimate of drug-likeness (QED) is 0.609. The minimum atomic E-state index is -0.813. The summed E-state index contributed by atoms with van der Waals surface area (Å²) in [5.74, 6) is -2.21. The van der Waals surface area contributed by atoms with Crippen molar-refractivity contribution in [3.8, 4) is 6.07 Å². The van der Waals surface area contributed by atoms with Crippen LogP contribution in [0, 0.1) is 25.2 Å². The number of nitrogens with zero attached hydrogens (tertiary/aromatic N) is 2. The van der Waals surface area contributed by atoms with Gasteiger partial charge in [0.05, 0.1) is 41.7 Å². The second kappa shape index (κ2) is 9.37. The first-order chi connectivity index (χ1) is 16.3. The molecule has 0 spiro atoms. The monoisotopic (exact) mass is 494 g/mol. The van der Waals surface area contributed by atoms with Gasteiger partial charge < -0.3 is 15.8 Å². The molecule has 0 unspecified atom stereocenters. The molecule has 0 radical (unpaired) electrons. The molecule has 0 saturated carbocycles. The van der Waals surface area contributed by atoms with Gasteiger partial charge in [0.15, 0.2) is 0 Å². The van der Waals surface area contributed by atoms with Crippen LogP contribution in [-0.2, 0) is 19.1 Å². The van der Waals surface area contributed by atoms with Gasteiger partial charge in [0, 0.05) is 10.6 Å². The summed E-state index contributed by atoms with van der Waals surface area (Å²) < 4.78 is 4.73. The highest BCUT2D eigenvalue weighted by Crippen LogP contribution is 2.50. The molecule has 0 bridgehead atoms. The summed E-state index contributed by atoms with van der Waals surface area (Å²) in [6.45, 7) is 3.85. The fourth-order valence-corrected chi connectivity index (χ4v) is 6.20. The minimum Gasteiger partial charge on any atom is -0.469 e.